The van der Waals surface area contributed by atoms with Crippen LogP contribution in [0.5, 0.6) is 0 Å². The smallest absolute Gasteiger partial charge is 0.225 e. The van der Waals surface area contributed by atoms with E-state index in [1.807, 2.05) is 31.6 Å². The summed E-state index contributed by atoms with van der Waals surface area (Å²) < 4.78 is 4.16. The molecule has 3 aromatic rings. The predicted molar refractivity (Wildman–Crippen MR) is 114 cm³/mol. The minimum Gasteiger partial charge on any atom is -0.388 e. The fourth-order valence-corrected chi connectivity index (χ4v) is 5.65. The maximum atomic E-state index is 13.2. The van der Waals surface area contributed by atoms with Crippen LogP contribution in [0.4, 0.5) is 0 Å². The Morgan fingerprint density at radius 2 is 2.00 bits per heavy atom. The maximum absolute atomic E-state index is 13.2. The summed E-state index contributed by atoms with van der Waals surface area (Å²) in [7, 11) is 0. The van der Waals surface area contributed by atoms with Crippen molar-refractivity contribution in [2.24, 2.45) is 0 Å². The van der Waals surface area contributed by atoms with Gasteiger partial charge in [0.05, 0.1) is 23.9 Å². The van der Waals surface area contributed by atoms with Crippen molar-refractivity contribution in [1.82, 2.24) is 24.0 Å². The van der Waals surface area contributed by atoms with Crippen LogP contribution in [-0.4, -0.2) is 52.7 Å². The summed E-state index contributed by atoms with van der Waals surface area (Å²) in [5, 5.41) is 12.6. The van der Waals surface area contributed by atoms with E-state index in [1.54, 1.807) is 12.4 Å². The van der Waals surface area contributed by atoms with E-state index in [0.717, 1.165) is 29.6 Å². The third kappa shape index (κ3) is 3.31. The molecule has 7 heteroatoms. The van der Waals surface area contributed by atoms with Gasteiger partial charge in [-0.15, -0.1) is 0 Å². The van der Waals surface area contributed by atoms with E-state index in [4.69, 9.17) is 0 Å². The number of amides is 1. The van der Waals surface area contributed by atoms with Crippen LogP contribution in [0.25, 0.3) is 10.9 Å². The Bertz CT molecular complexity index is 1060. The average molecular weight is 408 g/mol. The minimum absolute atomic E-state index is 0.0824. The maximum Gasteiger partial charge on any atom is 0.225 e. The molecule has 0 radical (unpaired) electrons. The number of aryl methyl sites for hydroxylation is 1. The van der Waals surface area contributed by atoms with Crippen LogP contribution in [0, 0.1) is 6.92 Å². The van der Waals surface area contributed by atoms with Crippen LogP contribution in [0.1, 0.15) is 50.9 Å². The van der Waals surface area contributed by atoms with Crippen molar-refractivity contribution >= 4 is 16.8 Å². The van der Waals surface area contributed by atoms with E-state index in [2.05, 4.69) is 37.0 Å². The lowest BCUT2D eigenvalue weighted by molar-refractivity contribution is -0.142. The first kappa shape index (κ1) is 19.3. The van der Waals surface area contributed by atoms with Gasteiger partial charge in [-0.25, -0.2) is 4.98 Å². The van der Waals surface area contributed by atoms with Crippen LogP contribution in [0.15, 0.2) is 43.1 Å². The van der Waals surface area contributed by atoms with Crippen LogP contribution in [0.3, 0.4) is 0 Å². The number of pyridine rings is 1. The molecule has 5 heterocycles. The summed E-state index contributed by atoms with van der Waals surface area (Å²) in [4.78, 5) is 23.8. The number of aromatic nitrogens is 4. The van der Waals surface area contributed by atoms with Gasteiger partial charge in [0.1, 0.15) is 5.82 Å². The van der Waals surface area contributed by atoms with Crippen molar-refractivity contribution in [3.8, 4) is 0 Å². The summed E-state index contributed by atoms with van der Waals surface area (Å²) in [6.45, 7) is 4.58. The number of carbonyl (C=O) groups is 1. The van der Waals surface area contributed by atoms with E-state index in [0.29, 0.717) is 25.8 Å². The fourth-order valence-electron chi connectivity index (χ4n) is 5.65. The van der Waals surface area contributed by atoms with Crippen LogP contribution < -0.4 is 0 Å². The first-order valence-corrected chi connectivity index (χ1v) is 10.9. The van der Waals surface area contributed by atoms with Crippen molar-refractivity contribution < 1.29 is 9.90 Å². The largest absolute Gasteiger partial charge is 0.388 e. The van der Waals surface area contributed by atoms with E-state index >= 15 is 0 Å². The molecular formula is C23H29N5O2. The Kier molecular flexibility index (Phi) is 4.65. The zero-order valence-electron chi connectivity index (χ0n) is 17.6. The molecule has 1 amide bonds. The van der Waals surface area contributed by atoms with Gasteiger partial charge in [-0.1, -0.05) is 0 Å². The molecule has 0 spiro atoms. The standard InChI is InChI=1S/C23H29N5O2/c1-16(27-10-8-25-17(27)2)11-22(29)28-19-3-4-20(28)13-23(30,12-19)15-26-9-6-18-5-7-24-14-21(18)26/h5-10,14,16,19-20,30H,3-4,11-13,15H2,1-2H3/t16-,19-,20+,23?/m1/s1. The van der Waals surface area contributed by atoms with Gasteiger partial charge < -0.3 is 19.1 Å². The molecule has 30 heavy (non-hydrogen) atoms. The number of piperidine rings is 1. The van der Waals surface area contributed by atoms with Gasteiger partial charge >= 0.3 is 0 Å². The Labute approximate surface area is 176 Å². The molecule has 2 aliphatic heterocycles. The molecule has 2 saturated heterocycles. The van der Waals surface area contributed by atoms with E-state index < -0.39 is 5.60 Å². The molecule has 1 N–H and O–H groups in total. The van der Waals surface area contributed by atoms with Gasteiger partial charge in [-0.2, -0.15) is 0 Å². The summed E-state index contributed by atoms with van der Waals surface area (Å²) in [5.41, 5.74) is 0.248. The molecule has 0 aromatic carbocycles. The highest BCUT2D eigenvalue weighted by Gasteiger charge is 2.49. The van der Waals surface area contributed by atoms with Crippen molar-refractivity contribution in [2.45, 2.75) is 76.2 Å². The van der Waals surface area contributed by atoms with Gasteiger partial charge in [-0.3, -0.25) is 9.78 Å². The number of hydrogen-bond acceptors (Lipinski definition) is 4. The second-order valence-electron chi connectivity index (χ2n) is 9.13. The van der Waals surface area contributed by atoms with Gasteiger partial charge in [0.25, 0.3) is 0 Å². The molecule has 1 unspecified atom stereocenters. The van der Waals surface area contributed by atoms with E-state index in [1.165, 1.54) is 0 Å². The van der Waals surface area contributed by atoms with Crippen LogP contribution in [0.2, 0.25) is 0 Å². The number of fused-ring (bicyclic) bond motifs is 3. The number of imidazole rings is 1. The Morgan fingerprint density at radius 3 is 2.70 bits per heavy atom. The highest BCUT2D eigenvalue weighted by atomic mass is 16.3. The molecule has 158 valence electrons. The zero-order chi connectivity index (χ0) is 20.9. The highest BCUT2D eigenvalue weighted by Crippen LogP contribution is 2.42. The lowest BCUT2D eigenvalue weighted by Gasteiger charge is -2.44. The summed E-state index contributed by atoms with van der Waals surface area (Å²) in [6, 6.07) is 4.38. The molecule has 2 bridgehead atoms. The summed E-state index contributed by atoms with van der Waals surface area (Å²) in [5.74, 6) is 1.13. The quantitative estimate of drug-likeness (QED) is 0.705. The van der Waals surface area contributed by atoms with Gasteiger partial charge in [-0.05, 0) is 51.7 Å². The SMILES string of the molecule is Cc1nccn1[C@H](C)CC(=O)N1[C@@H]2CC[C@H]1CC(O)(Cn1ccc3ccncc31)C2. The van der Waals surface area contributed by atoms with Gasteiger partial charge in [0.15, 0.2) is 0 Å². The molecule has 0 saturated carbocycles. The predicted octanol–water partition coefficient (Wildman–Crippen LogP) is 3.08. The zero-order valence-corrected chi connectivity index (χ0v) is 17.6. The number of nitrogens with zero attached hydrogens (tertiary/aromatic N) is 5. The Hall–Kier alpha value is -2.67. The van der Waals surface area contributed by atoms with Crippen molar-refractivity contribution in [3.63, 3.8) is 0 Å². The molecule has 5 rings (SSSR count). The monoisotopic (exact) mass is 407 g/mol. The lowest BCUT2D eigenvalue weighted by atomic mass is 9.85. The van der Waals surface area contributed by atoms with Gasteiger partial charge in [0, 0.05) is 54.7 Å². The van der Waals surface area contributed by atoms with Crippen LogP contribution in [-0.2, 0) is 11.3 Å². The first-order chi connectivity index (χ1) is 14.4. The molecular weight excluding hydrogens is 378 g/mol. The number of aliphatic hydroxyl groups is 1. The topological polar surface area (TPSA) is 76.2 Å². The normalized spacial score (nSPS) is 27.0. The second kappa shape index (κ2) is 7.23. The third-order valence-electron chi connectivity index (χ3n) is 6.99. The van der Waals surface area contributed by atoms with E-state index in [-0.39, 0.29) is 24.0 Å². The summed E-state index contributed by atoms with van der Waals surface area (Å²) in [6.07, 6.45) is 13.1. The third-order valence-corrected chi connectivity index (χ3v) is 6.99. The molecule has 7 nitrogen and oxygen atoms in total. The Balaban J connectivity index is 1.29. The molecule has 4 atom stereocenters. The molecule has 2 fully saturated rings. The summed E-state index contributed by atoms with van der Waals surface area (Å²) >= 11 is 0. The fraction of sp³-hybridized carbons (Fsp3) is 0.522. The van der Waals surface area contributed by atoms with Crippen LogP contribution >= 0.6 is 0 Å². The van der Waals surface area contributed by atoms with Crippen molar-refractivity contribution in [3.05, 3.63) is 48.9 Å². The van der Waals surface area contributed by atoms with E-state index in [9.17, 15) is 9.90 Å². The number of hydrogen-bond donors (Lipinski definition) is 1. The molecule has 0 aliphatic carbocycles. The van der Waals surface area contributed by atoms with Crippen molar-refractivity contribution in [1.29, 1.82) is 0 Å². The minimum atomic E-state index is -0.795. The lowest BCUT2D eigenvalue weighted by Crippen LogP contribution is -2.54. The molecule has 3 aromatic heterocycles. The Morgan fingerprint density at radius 1 is 1.23 bits per heavy atom. The van der Waals surface area contributed by atoms with Crippen molar-refractivity contribution in [2.75, 3.05) is 0 Å². The first-order valence-electron chi connectivity index (χ1n) is 10.9. The number of carbonyl (C=O) groups excluding carboxylic acids is 1. The second-order valence-corrected chi connectivity index (χ2v) is 9.13. The molecule has 2 aliphatic rings. The van der Waals surface area contributed by atoms with Gasteiger partial charge in [0.2, 0.25) is 5.91 Å². The average Bonchev–Trinajstić information content (AvgIpc) is 3.39. The highest BCUT2D eigenvalue weighted by molar-refractivity contribution is 5.79. The number of rotatable bonds is 5.